The fourth-order valence-electron chi connectivity index (χ4n) is 3.07. The molecule has 4 nitrogen and oxygen atoms in total. The van der Waals surface area contributed by atoms with E-state index < -0.39 is 0 Å². The summed E-state index contributed by atoms with van der Waals surface area (Å²) in [5.41, 5.74) is 6.00. The van der Waals surface area contributed by atoms with Crippen LogP contribution in [0.15, 0.2) is 54.6 Å². The Labute approximate surface area is 149 Å². The standard InChI is InChI=1S/C21H25N3O/c1-16-20(14-22-13-19-11-7-8-12-21(19)25-3)17(2)24(23-16)15-18-9-5-4-6-10-18/h4-12,22H,13-15H2,1-3H3. The number of hydrogen-bond acceptors (Lipinski definition) is 3. The van der Waals surface area contributed by atoms with Crippen LogP contribution in [0.3, 0.4) is 0 Å². The van der Waals surface area contributed by atoms with E-state index in [-0.39, 0.29) is 0 Å². The van der Waals surface area contributed by atoms with Crippen molar-refractivity contribution < 1.29 is 4.74 Å². The fraction of sp³-hybridized carbons (Fsp3) is 0.286. The van der Waals surface area contributed by atoms with E-state index in [1.807, 2.05) is 24.3 Å². The number of aryl methyl sites for hydroxylation is 1. The van der Waals surface area contributed by atoms with Crippen LogP contribution in [0.25, 0.3) is 0 Å². The van der Waals surface area contributed by atoms with Gasteiger partial charge in [-0.3, -0.25) is 4.68 Å². The summed E-state index contributed by atoms with van der Waals surface area (Å²) >= 11 is 0. The van der Waals surface area contributed by atoms with E-state index in [0.29, 0.717) is 0 Å². The Morgan fingerprint density at radius 3 is 2.44 bits per heavy atom. The van der Waals surface area contributed by atoms with Gasteiger partial charge in [0.25, 0.3) is 0 Å². The van der Waals surface area contributed by atoms with Gasteiger partial charge in [0.05, 0.1) is 19.3 Å². The molecular formula is C21H25N3O. The van der Waals surface area contributed by atoms with Gasteiger partial charge >= 0.3 is 0 Å². The molecule has 1 heterocycles. The van der Waals surface area contributed by atoms with Crippen molar-refractivity contribution in [2.45, 2.75) is 33.5 Å². The molecule has 0 saturated heterocycles. The van der Waals surface area contributed by atoms with E-state index in [2.05, 4.69) is 54.2 Å². The highest BCUT2D eigenvalue weighted by Gasteiger charge is 2.12. The molecule has 0 bridgehead atoms. The second-order valence-electron chi connectivity index (χ2n) is 6.21. The number of hydrogen-bond donors (Lipinski definition) is 1. The van der Waals surface area contributed by atoms with Gasteiger partial charge in [0.15, 0.2) is 0 Å². The second-order valence-corrected chi connectivity index (χ2v) is 6.21. The van der Waals surface area contributed by atoms with Gasteiger partial charge in [-0.15, -0.1) is 0 Å². The molecule has 1 N–H and O–H groups in total. The Morgan fingerprint density at radius 1 is 0.960 bits per heavy atom. The van der Waals surface area contributed by atoms with Gasteiger partial charge in [-0.1, -0.05) is 48.5 Å². The summed E-state index contributed by atoms with van der Waals surface area (Å²) in [6.45, 7) is 6.59. The molecule has 0 atom stereocenters. The summed E-state index contributed by atoms with van der Waals surface area (Å²) in [5.74, 6) is 0.920. The Kier molecular flexibility index (Phi) is 5.51. The number of para-hydroxylation sites is 1. The molecule has 0 fully saturated rings. The number of nitrogens with zero attached hydrogens (tertiary/aromatic N) is 2. The van der Waals surface area contributed by atoms with E-state index in [9.17, 15) is 0 Å². The van der Waals surface area contributed by atoms with Crippen molar-refractivity contribution >= 4 is 0 Å². The molecule has 0 radical (unpaired) electrons. The number of aromatic nitrogens is 2. The van der Waals surface area contributed by atoms with Gasteiger partial charge in [0.1, 0.15) is 5.75 Å². The van der Waals surface area contributed by atoms with Crippen molar-refractivity contribution in [1.29, 1.82) is 0 Å². The summed E-state index contributed by atoms with van der Waals surface area (Å²) in [6, 6.07) is 18.5. The maximum atomic E-state index is 5.41. The van der Waals surface area contributed by atoms with Crippen LogP contribution in [0.4, 0.5) is 0 Å². The Bertz CT molecular complexity index is 824. The van der Waals surface area contributed by atoms with E-state index in [1.54, 1.807) is 7.11 Å². The van der Waals surface area contributed by atoms with Crippen LogP contribution in [0.2, 0.25) is 0 Å². The first-order valence-corrected chi connectivity index (χ1v) is 8.58. The fourth-order valence-corrected chi connectivity index (χ4v) is 3.07. The highest BCUT2D eigenvalue weighted by molar-refractivity contribution is 5.33. The Morgan fingerprint density at radius 2 is 1.68 bits per heavy atom. The van der Waals surface area contributed by atoms with Crippen molar-refractivity contribution in [3.05, 3.63) is 82.7 Å². The SMILES string of the molecule is COc1ccccc1CNCc1c(C)nn(Cc2ccccc2)c1C. The first-order chi connectivity index (χ1) is 12.2. The molecule has 4 heteroatoms. The van der Waals surface area contributed by atoms with E-state index >= 15 is 0 Å². The van der Waals surface area contributed by atoms with E-state index in [4.69, 9.17) is 9.84 Å². The van der Waals surface area contributed by atoms with Crippen LogP contribution in [0, 0.1) is 13.8 Å². The van der Waals surface area contributed by atoms with Crippen LogP contribution in [-0.2, 0) is 19.6 Å². The van der Waals surface area contributed by atoms with Crippen LogP contribution in [0.1, 0.15) is 28.1 Å². The van der Waals surface area contributed by atoms with Gasteiger partial charge in [-0.05, 0) is 25.5 Å². The van der Waals surface area contributed by atoms with Gasteiger partial charge < -0.3 is 10.1 Å². The van der Waals surface area contributed by atoms with Gasteiger partial charge in [-0.25, -0.2) is 0 Å². The minimum Gasteiger partial charge on any atom is -0.496 e. The highest BCUT2D eigenvalue weighted by Crippen LogP contribution is 2.18. The lowest BCUT2D eigenvalue weighted by atomic mass is 10.1. The van der Waals surface area contributed by atoms with Crippen LogP contribution < -0.4 is 10.1 Å². The largest absolute Gasteiger partial charge is 0.496 e. The van der Waals surface area contributed by atoms with E-state index in [1.165, 1.54) is 16.8 Å². The number of rotatable bonds is 7. The number of methoxy groups -OCH3 is 1. The topological polar surface area (TPSA) is 39.1 Å². The zero-order valence-corrected chi connectivity index (χ0v) is 15.1. The van der Waals surface area contributed by atoms with Crippen molar-refractivity contribution in [2.75, 3.05) is 7.11 Å². The highest BCUT2D eigenvalue weighted by atomic mass is 16.5. The molecule has 0 saturated carbocycles. The molecule has 25 heavy (non-hydrogen) atoms. The molecule has 0 aliphatic carbocycles. The molecule has 0 unspecified atom stereocenters. The molecule has 3 rings (SSSR count). The zero-order valence-electron chi connectivity index (χ0n) is 15.1. The minimum atomic E-state index is 0.771. The number of ether oxygens (including phenoxy) is 1. The van der Waals surface area contributed by atoms with Crippen LogP contribution >= 0.6 is 0 Å². The maximum absolute atomic E-state index is 5.41. The lowest BCUT2D eigenvalue weighted by Gasteiger charge is -2.10. The van der Waals surface area contributed by atoms with Crippen LogP contribution in [0.5, 0.6) is 5.75 Å². The summed E-state index contributed by atoms with van der Waals surface area (Å²) in [7, 11) is 1.71. The molecule has 0 spiro atoms. The van der Waals surface area contributed by atoms with Crippen molar-refractivity contribution in [3.63, 3.8) is 0 Å². The minimum absolute atomic E-state index is 0.771. The molecule has 1 aromatic heterocycles. The molecule has 0 amide bonds. The summed E-state index contributed by atoms with van der Waals surface area (Å²) in [4.78, 5) is 0. The molecule has 0 aliphatic heterocycles. The Balaban J connectivity index is 1.67. The molecular weight excluding hydrogens is 310 g/mol. The monoisotopic (exact) mass is 335 g/mol. The van der Waals surface area contributed by atoms with Gasteiger partial charge in [0.2, 0.25) is 0 Å². The van der Waals surface area contributed by atoms with Crippen molar-refractivity contribution in [2.24, 2.45) is 0 Å². The molecule has 2 aromatic carbocycles. The smallest absolute Gasteiger partial charge is 0.123 e. The summed E-state index contributed by atoms with van der Waals surface area (Å²) in [6.07, 6.45) is 0. The third-order valence-electron chi connectivity index (χ3n) is 4.52. The average molecular weight is 335 g/mol. The lowest BCUT2D eigenvalue weighted by Crippen LogP contribution is -2.14. The summed E-state index contributed by atoms with van der Waals surface area (Å²) in [5, 5.41) is 8.24. The molecule has 0 aliphatic rings. The first kappa shape index (κ1) is 17.2. The van der Waals surface area contributed by atoms with Crippen LogP contribution in [-0.4, -0.2) is 16.9 Å². The quantitative estimate of drug-likeness (QED) is 0.713. The number of benzene rings is 2. The summed E-state index contributed by atoms with van der Waals surface area (Å²) < 4.78 is 7.50. The molecule has 3 aromatic rings. The normalized spacial score (nSPS) is 10.8. The predicted molar refractivity (Wildman–Crippen MR) is 101 cm³/mol. The molecule has 130 valence electrons. The number of nitrogens with one attached hydrogen (secondary N) is 1. The second kappa shape index (κ2) is 7.99. The third kappa shape index (κ3) is 4.09. The predicted octanol–water partition coefficient (Wildman–Crippen LogP) is 3.85. The van der Waals surface area contributed by atoms with Gasteiger partial charge in [0, 0.05) is 29.9 Å². The Hall–Kier alpha value is -2.59. The maximum Gasteiger partial charge on any atom is 0.123 e. The first-order valence-electron chi connectivity index (χ1n) is 8.58. The lowest BCUT2D eigenvalue weighted by molar-refractivity contribution is 0.407. The van der Waals surface area contributed by atoms with E-state index in [0.717, 1.165) is 36.6 Å². The zero-order chi connectivity index (χ0) is 17.6. The van der Waals surface area contributed by atoms with Crippen molar-refractivity contribution in [1.82, 2.24) is 15.1 Å². The van der Waals surface area contributed by atoms with Gasteiger partial charge in [-0.2, -0.15) is 5.10 Å². The van der Waals surface area contributed by atoms with Crippen molar-refractivity contribution in [3.8, 4) is 5.75 Å². The third-order valence-corrected chi connectivity index (χ3v) is 4.52. The average Bonchev–Trinajstić information content (AvgIpc) is 2.90.